The molecule has 0 aromatic heterocycles. The SMILES string of the molecule is CCNS(=O)(=O)c1ccc(C(=O)[O-])cc1. The van der Waals surface area contributed by atoms with Crippen LogP contribution in [0.3, 0.4) is 0 Å². The third-order valence-electron chi connectivity index (χ3n) is 1.73. The minimum atomic E-state index is -3.52. The Labute approximate surface area is 87.8 Å². The van der Waals surface area contributed by atoms with Gasteiger partial charge in [0.25, 0.3) is 0 Å². The number of benzene rings is 1. The first-order valence-electron chi connectivity index (χ1n) is 4.28. The lowest BCUT2D eigenvalue weighted by Gasteiger charge is -2.06. The highest BCUT2D eigenvalue weighted by Crippen LogP contribution is 2.09. The predicted molar refractivity (Wildman–Crippen MR) is 51.6 cm³/mol. The van der Waals surface area contributed by atoms with Gasteiger partial charge in [0, 0.05) is 6.54 Å². The van der Waals surface area contributed by atoms with Gasteiger partial charge < -0.3 is 9.90 Å². The summed E-state index contributed by atoms with van der Waals surface area (Å²) in [4.78, 5) is 10.4. The van der Waals surface area contributed by atoms with Crippen LogP contribution < -0.4 is 9.83 Å². The van der Waals surface area contributed by atoms with Crippen molar-refractivity contribution in [2.24, 2.45) is 0 Å². The predicted octanol–water partition coefficient (Wildman–Crippen LogP) is -0.652. The number of sulfonamides is 1. The van der Waals surface area contributed by atoms with Gasteiger partial charge in [0.05, 0.1) is 10.9 Å². The zero-order chi connectivity index (χ0) is 11.5. The summed E-state index contributed by atoms with van der Waals surface area (Å²) in [5.41, 5.74) is -0.0505. The van der Waals surface area contributed by atoms with Crippen molar-refractivity contribution in [2.45, 2.75) is 11.8 Å². The van der Waals surface area contributed by atoms with Gasteiger partial charge in [0.15, 0.2) is 0 Å². The maximum atomic E-state index is 11.4. The molecule has 0 atom stereocenters. The Morgan fingerprint density at radius 3 is 2.27 bits per heavy atom. The number of carbonyl (C=O) groups excluding carboxylic acids is 1. The van der Waals surface area contributed by atoms with Gasteiger partial charge >= 0.3 is 0 Å². The van der Waals surface area contributed by atoms with Crippen LogP contribution in [-0.4, -0.2) is 20.9 Å². The normalized spacial score (nSPS) is 11.3. The molecule has 0 unspecified atom stereocenters. The van der Waals surface area contributed by atoms with Crippen LogP contribution in [0.15, 0.2) is 29.2 Å². The molecule has 1 rings (SSSR count). The van der Waals surface area contributed by atoms with Crippen molar-refractivity contribution < 1.29 is 18.3 Å². The number of rotatable bonds is 4. The molecular formula is C9H10NO4S-. The van der Waals surface area contributed by atoms with Crippen molar-refractivity contribution in [1.82, 2.24) is 4.72 Å². The number of carbonyl (C=O) groups is 1. The summed E-state index contributed by atoms with van der Waals surface area (Å²) in [6, 6.07) is 4.84. The van der Waals surface area contributed by atoms with E-state index >= 15 is 0 Å². The molecule has 0 spiro atoms. The summed E-state index contributed by atoms with van der Waals surface area (Å²) >= 11 is 0. The number of hydrogen-bond acceptors (Lipinski definition) is 4. The van der Waals surface area contributed by atoms with E-state index in [2.05, 4.69) is 4.72 Å². The Bertz CT molecular complexity index is 450. The fraction of sp³-hybridized carbons (Fsp3) is 0.222. The molecule has 15 heavy (non-hydrogen) atoms. The molecule has 1 N–H and O–H groups in total. The summed E-state index contributed by atoms with van der Waals surface area (Å²) in [5, 5.41) is 10.4. The van der Waals surface area contributed by atoms with E-state index in [1.54, 1.807) is 6.92 Å². The summed E-state index contributed by atoms with van der Waals surface area (Å²) in [7, 11) is -3.52. The lowest BCUT2D eigenvalue weighted by Crippen LogP contribution is -2.24. The third-order valence-corrected chi connectivity index (χ3v) is 3.30. The lowest BCUT2D eigenvalue weighted by molar-refractivity contribution is -0.255. The highest BCUT2D eigenvalue weighted by Gasteiger charge is 2.11. The molecule has 0 fully saturated rings. The molecule has 0 aliphatic rings. The zero-order valence-corrected chi connectivity index (χ0v) is 8.87. The molecule has 6 heteroatoms. The van der Waals surface area contributed by atoms with Crippen LogP contribution in [0.5, 0.6) is 0 Å². The average Bonchev–Trinajstić information content (AvgIpc) is 2.18. The third kappa shape index (κ3) is 2.77. The van der Waals surface area contributed by atoms with Gasteiger partial charge in [-0.3, -0.25) is 0 Å². The second kappa shape index (κ2) is 4.41. The Morgan fingerprint density at radius 1 is 1.33 bits per heavy atom. The minimum Gasteiger partial charge on any atom is -0.545 e. The highest BCUT2D eigenvalue weighted by atomic mass is 32.2. The van der Waals surface area contributed by atoms with E-state index in [9.17, 15) is 18.3 Å². The van der Waals surface area contributed by atoms with E-state index in [1.165, 1.54) is 24.3 Å². The molecule has 0 bridgehead atoms. The van der Waals surface area contributed by atoms with Crippen molar-refractivity contribution in [3.63, 3.8) is 0 Å². The maximum absolute atomic E-state index is 11.4. The van der Waals surface area contributed by atoms with E-state index < -0.39 is 16.0 Å². The van der Waals surface area contributed by atoms with E-state index in [-0.39, 0.29) is 17.0 Å². The second-order valence-corrected chi connectivity index (χ2v) is 4.58. The minimum absolute atomic E-state index is 0.0364. The molecule has 0 heterocycles. The van der Waals surface area contributed by atoms with Crippen LogP contribution in [-0.2, 0) is 10.0 Å². The molecule has 0 aliphatic heterocycles. The largest absolute Gasteiger partial charge is 0.545 e. The van der Waals surface area contributed by atoms with Gasteiger partial charge in [-0.2, -0.15) is 0 Å². The Balaban J connectivity index is 3.04. The Kier molecular flexibility index (Phi) is 3.43. The monoisotopic (exact) mass is 228 g/mol. The molecule has 0 saturated heterocycles. The van der Waals surface area contributed by atoms with Crippen LogP contribution in [0.1, 0.15) is 17.3 Å². The highest BCUT2D eigenvalue weighted by molar-refractivity contribution is 7.89. The average molecular weight is 228 g/mol. The number of carboxylic acid groups (broad SMARTS) is 1. The van der Waals surface area contributed by atoms with Crippen molar-refractivity contribution in [1.29, 1.82) is 0 Å². The molecule has 1 aromatic rings. The molecule has 1 aromatic carbocycles. The van der Waals surface area contributed by atoms with Gasteiger partial charge in [0.2, 0.25) is 10.0 Å². The molecule has 0 aliphatic carbocycles. The maximum Gasteiger partial charge on any atom is 0.240 e. The van der Waals surface area contributed by atoms with Crippen molar-refractivity contribution in [3.05, 3.63) is 29.8 Å². The fourth-order valence-electron chi connectivity index (χ4n) is 1.04. The van der Waals surface area contributed by atoms with Crippen LogP contribution in [0.25, 0.3) is 0 Å². The molecule has 5 nitrogen and oxygen atoms in total. The first-order valence-corrected chi connectivity index (χ1v) is 5.77. The molecular weight excluding hydrogens is 218 g/mol. The van der Waals surface area contributed by atoms with Crippen LogP contribution in [0.4, 0.5) is 0 Å². The van der Waals surface area contributed by atoms with Crippen LogP contribution >= 0.6 is 0 Å². The van der Waals surface area contributed by atoms with Gasteiger partial charge in [-0.25, -0.2) is 13.1 Å². The van der Waals surface area contributed by atoms with Crippen molar-refractivity contribution in [2.75, 3.05) is 6.54 Å². The molecule has 0 radical (unpaired) electrons. The standard InChI is InChI=1S/C9H11NO4S/c1-2-10-15(13,14)8-5-3-7(4-6-8)9(11)12/h3-6,10H,2H2,1H3,(H,11,12)/p-1. The Morgan fingerprint density at radius 2 is 1.87 bits per heavy atom. The number of carboxylic acids is 1. The molecule has 82 valence electrons. The molecule has 0 saturated carbocycles. The van der Waals surface area contributed by atoms with Gasteiger partial charge in [-0.05, 0) is 17.7 Å². The summed E-state index contributed by atoms with van der Waals surface area (Å²) in [6.45, 7) is 1.94. The number of nitrogens with one attached hydrogen (secondary N) is 1. The topological polar surface area (TPSA) is 86.3 Å². The van der Waals surface area contributed by atoms with E-state index in [4.69, 9.17) is 0 Å². The smallest absolute Gasteiger partial charge is 0.240 e. The zero-order valence-electron chi connectivity index (χ0n) is 8.06. The van der Waals surface area contributed by atoms with E-state index in [0.717, 1.165) is 0 Å². The quantitative estimate of drug-likeness (QED) is 0.741. The van der Waals surface area contributed by atoms with Crippen LogP contribution in [0, 0.1) is 0 Å². The first-order chi connectivity index (χ1) is 6.97. The van der Waals surface area contributed by atoms with Crippen molar-refractivity contribution >= 4 is 16.0 Å². The van der Waals surface area contributed by atoms with E-state index in [1.807, 2.05) is 0 Å². The molecule has 0 amide bonds. The van der Waals surface area contributed by atoms with Gasteiger partial charge in [-0.1, -0.05) is 19.1 Å². The fourth-order valence-corrected chi connectivity index (χ4v) is 2.08. The Hall–Kier alpha value is -1.40. The number of aromatic carboxylic acids is 1. The number of hydrogen-bond donors (Lipinski definition) is 1. The summed E-state index contributed by atoms with van der Waals surface area (Å²) in [6.07, 6.45) is 0. The van der Waals surface area contributed by atoms with E-state index in [0.29, 0.717) is 0 Å². The lowest BCUT2D eigenvalue weighted by atomic mass is 10.2. The summed E-state index contributed by atoms with van der Waals surface area (Å²) < 4.78 is 25.2. The second-order valence-electron chi connectivity index (χ2n) is 2.81. The van der Waals surface area contributed by atoms with Gasteiger partial charge in [0.1, 0.15) is 0 Å². The summed E-state index contributed by atoms with van der Waals surface area (Å²) in [5.74, 6) is -1.33. The van der Waals surface area contributed by atoms with Crippen molar-refractivity contribution in [3.8, 4) is 0 Å². The van der Waals surface area contributed by atoms with Gasteiger partial charge in [-0.15, -0.1) is 0 Å². The van der Waals surface area contributed by atoms with Crippen LogP contribution in [0.2, 0.25) is 0 Å². The first kappa shape index (κ1) is 11.7.